The van der Waals surface area contributed by atoms with E-state index < -0.39 is 5.91 Å². The van der Waals surface area contributed by atoms with Gasteiger partial charge in [0.1, 0.15) is 11.3 Å². The fourth-order valence-corrected chi connectivity index (χ4v) is 5.53. The number of para-hydroxylation sites is 1. The molecule has 2 fully saturated rings. The van der Waals surface area contributed by atoms with Gasteiger partial charge in [0, 0.05) is 36.4 Å². The van der Waals surface area contributed by atoms with Gasteiger partial charge >= 0.3 is 0 Å². The molecule has 4 aromatic rings. The first kappa shape index (κ1) is 24.3. The summed E-state index contributed by atoms with van der Waals surface area (Å²) in [7, 11) is 0. The molecule has 0 radical (unpaired) electrons. The lowest BCUT2D eigenvalue weighted by Crippen LogP contribution is -2.37. The first-order chi connectivity index (χ1) is 18.6. The number of nitrogens with one attached hydrogen (secondary N) is 3. The Kier molecular flexibility index (Phi) is 6.89. The molecular formula is C28H26N6O3S. The number of aromatic nitrogens is 3. The molecule has 0 bridgehead atoms. The lowest BCUT2D eigenvalue weighted by atomic mass is 9.91. The molecule has 0 atom stereocenters. The molecule has 4 heterocycles. The maximum absolute atomic E-state index is 11.8. The van der Waals surface area contributed by atoms with Crippen molar-refractivity contribution in [2.24, 2.45) is 0 Å². The number of benzene rings is 1. The molecule has 9 nitrogen and oxygen atoms in total. The van der Waals surface area contributed by atoms with Gasteiger partial charge in [-0.05, 0) is 73.4 Å². The van der Waals surface area contributed by atoms with Gasteiger partial charge in [-0.1, -0.05) is 24.3 Å². The number of imide groups is 1. The summed E-state index contributed by atoms with van der Waals surface area (Å²) in [4.78, 5) is 37.0. The summed E-state index contributed by atoms with van der Waals surface area (Å²) in [6.45, 7) is 0.719. The van der Waals surface area contributed by atoms with Crippen molar-refractivity contribution >= 4 is 45.9 Å². The quantitative estimate of drug-likeness (QED) is 0.282. The van der Waals surface area contributed by atoms with Crippen molar-refractivity contribution in [3.05, 3.63) is 77.1 Å². The number of carbonyl (C=O) groups excluding carboxylic acids is 2. The van der Waals surface area contributed by atoms with Crippen LogP contribution in [0, 0.1) is 0 Å². The highest BCUT2D eigenvalue weighted by Crippen LogP contribution is 2.29. The number of fused-ring (bicyclic) bond motifs is 1. The molecule has 2 amide bonds. The fourth-order valence-electron chi connectivity index (χ4n) is 4.86. The highest BCUT2D eigenvalue weighted by atomic mass is 32.2. The number of hydrogen-bond donors (Lipinski definition) is 3. The Hall–Kier alpha value is -4.02. The van der Waals surface area contributed by atoms with Gasteiger partial charge in [0.25, 0.3) is 11.1 Å². The lowest BCUT2D eigenvalue weighted by Gasteiger charge is -2.30. The Bertz CT molecular complexity index is 1490. The zero-order chi connectivity index (χ0) is 25.9. The normalized spacial score (nSPS) is 20.7. The molecule has 192 valence electrons. The van der Waals surface area contributed by atoms with Crippen LogP contribution >= 0.6 is 11.8 Å². The van der Waals surface area contributed by atoms with E-state index in [4.69, 9.17) is 4.42 Å². The van der Waals surface area contributed by atoms with Gasteiger partial charge in [-0.25, -0.2) is 9.97 Å². The van der Waals surface area contributed by atoms with Gasteiger partial charge in [0.05, 0.1) is 10.6 Å². The van der Waals surface area contributed by atoms with Crippen LogP contribution in [0.3, 0.4) is 0 Å². The number of hydrogen-bond acceptors (Lipinski definition) is 9. The Morgan fingerprint density at radius 2 is 1.84 bits per heavy atom. The Balaban J connectivity index is 1.04. The highest BCUT2D eigenvalue weighted by Gasteiger charge is 2.25. The SMILES string of the molecule is O=C1NC(=O)C(=Cc2ccnc(N[C@H]3CC[C@H](NCc4cccnc4-c4cc5ccccc5o4)CC3)n2)S1. The third kappa shape index (κ3) is 5.46. The van der Waals surface area contributed by atoms with E-state index >= 15 is 0 Å². The molecule has 0 unspecified atom stereocenters. The van der Waals surface area contributed by atoms with Crippen LogP contribution in [-0.2, 0) is 11.3 Å². The fraction of sp³-hybridized carbons (Fsp3) is 0.250. The van der Waals surface area contributed by atoms with Crippen LogP contribution in [0.5, 0.6) is 0 Å². The van der Waals surface area contributed by atoms with E-state index in [0.29, 0.717) is 22.6 Å². The number of thioether (sulfide) groups is 1. The van der Waals surface area contributed by atoms with E-state index in [9.17, 15) is 9.59 Å². The molecule has 1 aromatic carbocycles. The number of nitrogens with zero attached hydrogens (tertiary/aromatic N) is 3. The summed E-state index contributed by atoms with van der Waals surface area (Å²) in [6.07, 6.45) is 9.10. The highest BCUT2D eigenvalue weighted by molar-refractivity contribution is 8.18. The standard InChI is InChI=1S/C28H26N6O3S/c35-26-24(38-28(36)34-26)15-21-11-13-30-27(33-21)32-20-9-7-19(8-10-20)31-16-18-5-3-12-29-25(18)23-14-17-4-1-2-6-22(17)37-23/h1-6,11-15,19-20,31H,7-10,16H2,(H,30,32,33)(H,34,35,36)/t19-,20-. The second-order valence-electron chi connectivity index (χ2n) is 9.39. The first-order valence-electron chi connectivity index (χ1n) is 12.6. The third-order valence-corrected chi connectivity index (χ3v) is 7.60. The number of rotatable bonds is 7. The van der Waals surface area contributed by atoms with Crippen LogP contribution in [0.25, 0.3) is 28.5 Å². The van der Waals surface area contributed by atoms with Gasteiger partial charge in [0.15, 0.2) is 5.76 Å². The van der Waals surface area contributed by atoms with Crippen LogP contribution in [0.1, 0.15) is 36.9 Å². The van der Waals surface area contributed by atoms with E-state index in [1.54, 1.807) is 24.5 Å². The van der Waals surface area contributed by atoms with Gasteiger partial charge in [-0.2, -0.15) is 0 Å². The summed E-state index contributed by atoms with van der Waals surface area (Å²) >= 11 is 0.878. The topological polar surface area (TPSA) is 122 Å². The summed E-state index contributed by atoms with van der Waals surface area (Å²) in [5, 5.41) is 10.1. The van der Waals surface area contributed by atoms with Crippen molar-refractivity contribution in [1.29, 1.82) is 0 Å². The molecule has 0 spiro atoms. The van der Waals surface area contributed by atoms with Crippen LogP contribution in [0.15, 0.2) is 70.2 Å². The molecule has 1 aliphatic heterocycles. The van der Waals surface area contributed by atoms with Gasteiger partial charge in [-0.15, -0.1) is 0 Å². The van der Waals surface area contributed by atoms with Crippen molar-refractivity contribution in [2.45, 2.75) is 44.3 Å². The van der Waals surface area contributed by atoms with Crippen LogP contribution in [0.4, 0.5) is 10.7 Å². The molecule has 6 rings (SSSR count). The minimum atomic E-state index is -0.394. The monoisotopic (exact) mass is 526 g/mol. The van der Waals surface area contributed by atoms with Crippen LogP contribution in [0.2, 0.25) is 0 Å². The summed E-state index contributed by atoms with van der Waals surface area (Å²) in [6, 6.07) is 16.5. The average molecular weight is 527 g/mol. The second-order valence-corrected chi connectivity index (χ2v) is 10.4. The summed E-state index contributed by atoms with van der Waals surface area (Å²) < 4.78 is 6.06. The number of pyridine rings is 1. The Morgan fingerprint density at radius 3 is 2.66 bits per heavy atom. The molecule has 1 saturated carbocycles. The number of carbonyl (C=O) groups is 2. The third-order valence-electron chi connectivity index (χ3n) is 6.79. The largest absolute Gasteiger partial charge is 0.454 e. The maximum Gasteiger partial charge on any atom is 0.290 e. The van der Waals surface area contributed by atoms with Crippen LogP contribution in [-0.4, -0.2) is 38.2 Å². The van der Waals surface area contributed by atoms with E-state index in [1.165, 1.54) is 0 Å². The molecule has 10 heteroatoms. The molecule has 3 aromatic heterocycles. The van der Waals surface area contributed by atoms with Crippen molar-refractivity contribution in [1.82, 2.24) is 25.6 Å². The van der Waals surface area contributed by atoms with Crippen molar-refractivity contribution in [3.8, 4) is 11.5 Å². The van der Waals surface area contributed by atoms with Crippen molar-refractivity contribution in [2.75, 3.05) is 5.32 Å². The predicted molar refractivity (Wildman–Crippen MR) is 147 cm³/mol. The number of amides is 2. The van der Waals surface area contributed by atoms with E-state index in [0.717, 1.165) is 72.0 Å². The van der Waals surface area contributed by atoms with Crippen molar-refractivity contribution in [3.63, 3.8) is 0 Å². The molecule has 2 aliphatic rings. The Morgan fingerprint density at radius 1 is 1.00 bits per heavy atom. The predicted octanol–water partition coefficient (Wildman–Crippen LogP) is 5.12. The average Bonchev–Trinajstić information content (AvgIpc) is 3.50. The van der Waals surface area contributed by atoms with E-state index in [1.807, 2.05) is 36.4 Å². The number of furan rings is 1. The van der Waals surface area contributed by atoms with Gasteiger partial charge < -0.3 is 15.1 Å². The molecule has 1 aliphatic carbocycles. The molecule has 38 heavy (non-hydrogen) atoms. The zero-order valence-corrected chi connectivity index (χ0v) is 21.3. The van der Waals surface area contributed by atoms with E-state index in [-0.39, 0.29) is 11.3 Å². The zero-order valence-electron chi connectivity index (χ0n) is 20.5. The summed E-state index contributed by atoms with van der Waals surface area (Å²) in [5.41, 5.74) is 3.43. The second kappa shape index (κ2) is 10.8. The number of anilines is 1. The maximum atomic E-state index is 11.8. The summed E-state index contributed by atoms with van der Waals surface area (Å²) in [5.74, 6) is 0.916. The Labute approximate surface area is 223 Å². The van der Waals surface area contributed by atoms with Gasteiger partial charge in [0.2, 0.25) is 5.95 Å². The van der Waals surface area contributed by atoms with Gasteiger partial charge in [-0.3, -0.25) is 19.9 Å². The van der Waals surface area contributed by atoms with Crippen molar-refractivity contribution < 1.29 is 14.0 Å². The van der Waals surface area contributed by atoms with Crippen LogP contribution < -0.4 is 16.0 Å². The molecular weight excluding hydrogens is 500 g/mol. The first-order valence-corrected chi connectivity index (χ1v) is 13.4. The van der Waals surface area contributed by atoms with E-state index in [2.05, 4.69) is 37.0 Å². The molecule has 3 N–H and O–H groups in total. The minimum absolute atomic E-state index is 0.270. The smallest absolute Gasteiger partial charge is 0.290 e. The molecule has 1 saturated heterocycles. The lowest BCUT2D eigenvalue weighted by molar-refractivity contribution is -0.115. The minimum Gasteiger partial charge on any atom is -0.454 e.